The average Bonchev–Trinajstić information content (AvgIpc) is 2.94. The van der Waals surface area contributed by atoms with Gasteiger partial charge in [0, 0.05) is 29.6 Å². The van der Waals surface area contributed by atoms with E-state index in [1.54, 1.807) is 6.20 Å². The molecule has 5 nitrogen and oxygen atoms in total. The third-order valence-corrected chi connectivity index (χ3v) is 4.22. The molecule has 2 aromatic rings. The summed E-state index contributed by atoms with van der Waals surface area (Å²) in [4.78, 5) is 14.8. The number of benzene rings is 1. The number of rotatable bonds is 3. The molecule has 0 bridgehead atoms. The van der Waals surface area contributed by atoms with Gasteiger partial charge in [0.05, 0.1) is 11.7 Å². The second kappa shape index (κ2) is 5.85. The second-order valence-corrected chi connectivity index (χ2v) is 6.07. The summed E-state index contributed by atoms with van der Waals surface area (Å²) in [6.07, 6.45) is 3.94. The van der Waals surface area contributed by atoms with Crippen LogP contribution in [0.3, 0.4) is 0 Å². The van der Waals surface area contributed by atoms with E-state index in [0.29, 0.717) is 11.6 Å². The number of nitrogens with zero attached hydrogens (tertiary/aromatic N) is 2. The Kier molecular flexibility index (Phi) is 3.92. The van der Waals surface area contributed by atoms with Gasteiger partial charge in [-0.2, -0.15) is 5.10 Å². The van der Waals surface area contributed by atoms with Gasteiger partial charge < -0.3 is 5.32 Å². The Bertz CT molecular complexity index is 634. The Hall–Kier alpha value is -1.88. The van der Waals surface area contributed by atoms with Gasteiger partial charge in [0.15, 0.2) is 0 Å². The molecule has 1 saturated heterocycles. The molecule has 1 aromatic heterocycles. The van der Waals surface area contributed by atoms with Crippen LogP contribution in [-0.2, 0) is 0 Å². The zero-order valence-corrected chi connectivity index (χ0v) is 12.6. The molecule has 1 amide bonds. The standard InChI is InChI=1S/C16H22N4O/c1-11(2)20-7-3-4-14(10-20)18-16(21)12-5-6-15-13(8-12)9-17-19-15/h5-6,8-9,11,14H,3-4,7,10H2,1-2H3,(H,17,19)(H,18,21)/t14-/m1/s1. The summed E-state index contributed by atoms with van der Waals surface area (Å²) in [6, 6.07) is 6.41. The van der Waals surface area contributed by atoms with Crippen LogP contribution in [0.2, 0.25) is 0 Å². The maximum Gasteiger partial charge on any atom is 0.251 e. The molecular weight excluding hydrogens is 264 g/mol. The van der Waals surface area contributed by atoms with Gasteiger partial charge in [0.25, 0.3) is 5.91 Å². The highest BCUT2D eigenvalue weighted by Gasteiger charge is 2.23. The number of H-pyrrole nitrogens is 1. The monoisotopic (exact) mass is 286 g/mol. The molecule has 1 atom stereocenters. The van der Waals surface area contributed by atoms with Crippen molar-refractivity contribution in [2.75, 3.05) is 13.1 Å². The first-order valence-corrected chi connectivity index (χ1v) is 7.61. The lowest BCUT2D eigenvalue weighted by atomic mass is 10.0. The maximum absolute atomic E-state index is 12.4. The average molecular weight is 286 g/mol. The number of carbonyl (C=O) groups is 1. The number of hydrogen-bond acceptors (Lipinski definition) is 3. The van der Waals surface area contributed by atoms with Crippen LogP contribution in [0.25, 0.3) is 10.9 Å². The van der Waals surface area contributed by atoms with Gasteiger partial charge in [-0.25, -0.2) is 0 Å². The van der Waals surface area contributed by atoms with Crippen molar-refractivity contribution in [3.63, 3.8) is 0 Å². The van der Waals surface area contributed by atoms with Crippen molar-refractivity contribution in [1.82, 2.24) is 20.4 Å². The van der Waals surface area contributed by atoms with Crippen LogP contribution in [0, 0.1) is 0 Å². The number of aromatic amines is 1. The van der Waals surface area contributed by atoms with Crippen LogP contribution >= 0.6 is 0 Å². The minimum Gasteiger partial charge on any atom is -0.348 e. The number of carbonyl (C=O) groups excluding carboxylic acids is 1. The van der Waals surface area contributed by atoms with Gasteiger partial charge in [0.1, 0.15) is 0 Å². The van der Waals surface area contributed by atoms with Crippen LogP contribution in [0.1, 0.15) is 37.0 Å². The third-order valence-electron chi connectivity index (χ3n) is 4.22. The van der Waals surface area contributed by atoms with E-state index in [9.17, 15) is 4.79 Å². The van der Waals surface area contributed by atoms with E-state index in [1.807, 2.05) is 18.2 Å². The van der Waals surface area contributed by atoms with Crippen molar-refractivity contribution in [2.45, 2.75) is 38.8 Å². The first-order chi connectivity index (χ1) is 10.1. The topological polar surface area (TPSA) is 61.0 Å². The molecule has 0 unspecified atom stereocenters. The predicted octanol–water partition coefficient (Wildman–Crippen LogP) is 2.17. The molecule has 21 heavy (non-hydrogen) atoms. The third kappa shape index (κ3) is 3.08. The summed E-state index contributed by atoms with van der Waals surface area (Å²) >= 11 is 0. The summed E-state index contributed by atoms with van der Waals surface area (Å²) in [5, 5.41) is 11.0. The Morgan fingerprint density at radius 2 is 2.33 bits per heavy atom. The fourth-order valence-corrected chi connectivity index (χ4v) is 2.95. The van der Waals surface area contributed by atoms with E-state index in [0.717, 1.165) is 36.8 Å². The van der Waals surface area contributed by atoms with Crippen molar-refractivity contribution in [2.24, 2.45) is 0 Å². The lowest BCUT2D eigenvalue weighted by molar-refractivity contribution is 0.0886. The van der Waals surface area contributed by atoms with Crippen LogP contribution in [-0.4, -0.2) is 46.2 Å². The van der Waals surface area contributed by atoms with Gasteiger partial charge in [-0.3, -0.25) is 14.8 Å². The molecule has 1 aromatic carbocycles. The Morgan fingerprint density at radius 1 is 1.48 bits per heavy atom. The Labute approximate surface area is 124 Å². The molecule has 3 rings (SSSR count). The number of aromatic nitrogens is 2. The maximum atomic E-state index is 12.4. The number of hydrogen-bond donors (Lipinski definition) is 2. The highest BCUT2D eigenvalue weighted by atomic mass is 16.1. The minimum atomic E-state index is 0.00806. The van der Waals surface area contributed by atoms with E-state index in [4.69, 9.17) is 0 Å². The Balaban J connectivity index is 1.67. The molecule has 1 aliphatic rings. The summed E-state index contributed by atoms with van der Waals surface area (Å²) in [6.45, 7) is 6.48. The fourth-order valence-electron chi connectivity index (χ4n) is 2.95. The molecule has 2 heterocycles. The molecule has 112 valence electrons. The molecule has 1 aliphatic heterocycles. The normalized spacial score (nSPS) is 20.0. The highest BCUT2D eigenvalue weighted by Crippen LogP contribution is 2.15. The second-order valence-electron chi connectivity index (χ2n) is 6.07. The molecule has 5 heteroatoms. The zero-order valence-electron chi connectivity index (χ0n) is 12.6. The van der Waals surface area contributed by atoms with E-state index >= 15 is 0 Å². The van der Waals surface area contributed by atoms with Crippen molar-refractivity contribution >= 4 is 16.8 Å². The van der Waals surface area contributed by atoms with Crippen molar-refractivity contribution < 1.29 is 4.79 Å². The first-order valence-electron chi connectivity index (χ1n) is 7.61. The molecule has 0 radical (unpaired) electrons. The Morgan fingerprint density at radius 3 is 3.14 bits per heavy atom. The zero-order chi connectivity index (χ0) is 14.8. The van der Waals surface area contributed by atoms with Crippen LogP contribution < -0.4 is 5.32 Å². The van der Waals surface area contributed by atoms with Gasteiger partial charge in [0.2, 0.25) is 0 Å². The molecule has 0 aliphatic carbocycles. The summed E-state index contributed by atoms with van der Waals surface area (Å²) < 4.78 is 0. The van der Waals surface area contributed by atoms with E-state index in [1.165, 1.54) is 0 Å². The van der Waals surface area contributed by atoms with Crippen LogP contribution in [0.15, 0.2) is 24.4 Å². The number of fused-ring (bicyclic) bond motifs is 1. The molecule has 2 N–H and O–H groups in total. The number of amides is 1. The molecular formula is C16H22N4O. The van der Waals surface area contributed by atoms with E-state index in [-0.39, 0.29) is 11.9 Å². The number of likely N-dealkylation sites (tertiary alicyclic amines) is 1. The lowest BCUT2D eigenvalue weighted by Crippen LogP contribution is -2.49. The minimum absolute atomic E-state index is 0.00806. The first kappa shape index (κ1) is 14.1. The van der Waals surface area contributed by atoms with Gasteiger partial charge >= 0.3 is 0 Å². The van der Waals surface area contributed by atoms with E-state index in [2.05, 4.69) is 34.3 Å². The molecule has 0 saturated carbocycles. The largest absolute Gasteiger partial charge is 0.348 e. The summed E-state index contributed by atoms with van der Waals surface area (Å²) in [5.41, 5.74) is 1.65. The summed E-state index contributed by atoms with van der Waals surface area (Å²) in [5.74, 6) is 0.00806. The van der Waals surface area contributed by atoms with E-state index < -0.39 is 0 Å². The van der Waals surface area contributed by atoms with Crippen LogP contribution in [0.4, 0.5) is 0 Å². The van der Waals surface area contributed by atoms with Gasteiger partial charge in [-0.05, 0) is 51.4 Å². The number of piperidine rings is 1. The van der Waals surface area contributed by atoms with Gasteiger partial charge in [-0.15, -0.1) is 0 Å². The van der Waals surface area contributed by atoms with Crippen molar-refractivity contribution in [3.05, 3.63) is 30.0 Å². The predicted molar refractivity (Wildman–Crippen MR) is 83.3 cm³/mol. The highest BCUT2D eigenvalue weighted by molar-refractivity contribution is 5.98. The van der Waals surface area contributed by atoms with Crippen LogP contribution in [0.5, 0.6) is 0 Å². The van der Waals surface area contributed by atoms with Crippen molar-refractivity contribution in [1.29, 1.82) is 0 Å². The fraction of sp³-hybridized carbons (Fsp3) is 0.500. The van der Waals surface area contributed by atoms with Crippen molar-refractivity contribution in [3.8, 4) is 0 Å². The number of nitrogens with one attached hydrogen (secondary N) is 2. The SMILES string of the molecule is CC(C)N1CCC[C@@H](NC(=O)c2ccc3[nH]ncc3c2)C1. The smallest absolute Gasteiger partial charge is 0.251 e. The van der Waals surface area contributed by atoms with Gasteiger partial charge in [-0.1, -0.05) is 0 Å². The quantitative estimate of drug-likeness (QED) is 0.909. The molecule has 0 spiro atoms. The lowest BCUT2D eigenvalue weighted by Gasteiger charge is -2.35. The molecule has 1 fully saturated rings. The summed E-state index contributed by atoms with van der Waals surface area (Å²) in [7, 11) is 0.